The second-order valence-corrected chi connectivity index (χ2v) is 6.66. The van der Waals surface area contributed by atoms with E-state index in [9.17, 15) is 9.59 Å². The fraction of sp³-hybridized carbons (Fsp3) is 0.500. The van der Waals surface area contributed by atoms with Crippen LogP contribution in [0.1, 0.15) is 31.4 Å². The van der Waals surface area contributed by atoms with Crippen molar-refractivity contribution in [1.29, 1.82) is 0 Å². The number of allylic oxidation sites excluding steroid dienone is 1. The van der Waals surface area contributed by atoms with Gasteiger partial charge in [-0.2, -0.15) is 0 Å². The smallest absolute Gasteiger partial charge is 0.307 e. The molecule has 2 rings (SSSR count). The topological polar surface area (TPSA) is 67.9 Å². The molecule has 1 aliphatic rings. The third-order valence-electron chi connectivity index (χ3n) is 4.27. The molecule has 6 nitrogen and oxygen atoms in total. The maximum absolute atomic E-state index is 12.2. The summed E-state index contributed by atoms with van der Waals surface area (Å²) >= 11 is 0. The first-order valence-corrected chi connectivity index (χ1v) is 8.92. The molecule has 0 aliphatic carbocycles. The predicted octanol–water partition coefficient (Wildman–Crippen LogP) is 2.07. The Balaban J connectivity index is 2.18. The number of nitrogens with one attached hydrogen (secondary N) is 1. The lowest BCUT2D eigenvalue weighted by atomic mass is 10.0. The number of esters is 1. The zero-order chi connectivity index (χ0) is 19.1. The van der Waals surface area contributed by atoms with Crippen LogP contribution in [0.5, 0.6) is 5.75 Å². The zero-order valence-electron chi connectivity index (χ0n) is 15.8. The lowest BCUT2D eigenvalue weighted by Gasteiger charge is -2.34. The molecular formula is C20H28N2O4. The van der Waals surface area contributed by atoms with Gasteiger partial charge in [0.1, 0.15) is 11.8 Å². The zero-order valence-corrected chi connectivity index (χ0v) is 15.8. The summed E-state index contributed by atoms with van der Waals surface area (Å²) < 4.78 is 10.6. The molecule has 0 saturated carbocycles. The number of benzene rings is 1. The first-order valence-electron chi connectivity index (χ1n) is 8.92. The van der Waals surface area contributed by atoms with E-state index in [1.807, 2.05) is 37.0 Å². The fourth-order valence-corrected chi connectivity index (χ4v) is 3.06. The predicted molar refractivity (Wildman–Crippen MR) is 99.9 cm³/mol. The summed E-state index contributed by atoms with van der Waals surface area (Å²) in [6.45, 7) is 9.65. The molecule has 1 atom stereocenters. The molecule has 0 radical (unpaired) electrons. The van der Waals surface area contributed by atoms with Crippen LogP contribution in [0.25, 0.3) is 0 Å². The van der Waals surface area contributed by atoms with Crippen LogP contribution >= 0.6 is 0 Å². The van der Waals surface area contributed by atoms with Gasteiger partial charge >= 0.3 is 5.97 Å². The summed E-state index contributed by atoms with van der Waals surface area (Å²) in [7, 11) is 1.34. The van der Waals surface area contributed by atoms with E-state index in [-0.39, 0.29) is 24.4 Å². The van der Waals surface area contributed by atoms with Crippen LogP contribution in [0, 0.1) is 0 Å². The molecule has 1 amide bonds. The maximum atomic E-state index is 12.2. The van der Waals surface area contributed by atoms with Crippen LogP contribution in [0.15, 0.2) is 30.9 Å². The van der Waals surface area contributed by atoms with Crippen molar-refractivity contribution < 1.29 is 19.1 Å². The molecular weight excluding hydrogens is 332 g/mol. The van der Waals surface area contributed by atoms with Gasteiger partial charge in [-0.1, -0.05) is 18.2 Å². The van der Waals surface area contributed by atoms with Crippen molar-refractivity contribution in [3.8, 4) is 5.75 Å². The minimum absolute atomic E-state index is 0.0520. The van der Waals surface area contributed by atoms with Gasteiger partial charge in [-0.3, -0.25) is 14.5 Å². The number of hydrogen-bond acceptors (Lipinski definition) is 5. The van der Waals surface area contributed by atoms with Crippen molar-refractivity contribution in [3.63, 3.8) is 0 Å². The molecule has 1 aromatic carbocycles. The van der Waals surface area contributed by atoms with Gasteiger partial charge < -0.3 is 14.8 Å². The molecule has 0 unspecified atom stereocenters. The molecule has 1 heterocycles. The Hall–Kier alpha value is -2.34. The maximum Gasteiger partial charge on any atom is 0.307 e. The third-order valence-corrected chi connectivity index (χ3v) is 4.27. The van der Waals surface area contributed by atoms with Crippen LogP contribution in [-0.2, 0) is 27.3 Å². The van der Waals surface area contributed by atoms with Gasteiger partial charge in [0, 0.05) is 19.6 Å². The third kappa shape index (κ3) is 5.33. The summed E-state index contributed by atoms with van der Waals surface area (Å²) in [5, 5.41) is 2.82. The van der Waals surface area contributed by atoms with E-state index in [0.29, 0.717) is 26.1 Å². The highest BCUT2D eigenvalue weighted by Crippen LogP contribution is 2.24. The van der Waals surface area contributed by atoms with Crippen LogP contribution < -0.4 is 10.1 Å². The normalized spacial score (nSPS) is 17.7. The quantitative estimate of drug-likeness (QED) is 0.568. The highest BCUT2D eigenvalue weighted by atomic mass is 16.5. The standard InChI is InChI=1S/C20H28N2O4/c1-5-6-16-11-15(7-8-18(16)26-14(2)3)13-22-10-9-21-20(24)17(22)12-19(23)25-4/h5,7-8,11,14,17H,1,6,9-10,12-13H2,2-4H3,(H,21,24)/t17-/m0/s1. The Bertz CT molecular complexity index is 657. The van der Waals surface area contributed by atoms with Gasteiger partial charge in [-0.15, -0.1) is 6.58 Å². The number of hydrogen-bond donors (Lipinski definition) is 1. The molecule has 0 spiro atoms. The highest BCUT2D eigenvalue weighted by Gasteiger charge is 2.32. The van der Waals surface area contributed by atoms with Gasteiger partial charge in [-0.25, -0.2) is 0 Å². The minimum atomic E-state index is -0.509. The van der Waals surface area contributed by atoms with Crippen LogP contribution in [0.2, 0.25) is 0 Å². The Kier molecular flexibility index (Phi) is 7.21. The average Bonchev–Trinajstić information content (AvgIpc) is 2.60. The molecule has 0 aromatic heterocycles. The summed E-state index contributed by atoms with van der Waals surface area (Å²) in [6, 6.07) is 5.55. The molecule has 1 aliphatic heterocycles. The molecule has 1 N–H and O–H groups in total. The Morgan fingerprint density at radius 1 is 1.46 bits per heavy atom. The van der Waals surface area contributed by atoms with Gasteiger partial charge in [0.25, 0.3) is 0 Å². The van der Waals surface area contributed by atoms with Gasteiger partial charge in [0.05, 0.1) is 19.6 Å². The van der Waals surface area contributed by atoms with E-state index in [4.69, 9.17) is 9.47 Å². The number of rotatable bonds is 8. The molecule has 0 bridgehead atoms. The first-order chi connectivity index (χ1) is 12.4. The van der Waals surface area contributed by atoms with Crippen LogP contribution in [0.4, 0.5) is 0 Å². The van der Waals surface area contributed by atoms with Gasteiger partial charge in [-0.05, 0) is 37.5 Å². The van der Waals surface area contributed by atoms with E-state index in [1.165, 1.54) is 7.11 Å². The van der Waals surface area contributed by atoms with Gasteiger partial charge in [0.15, 0.2) is 0 Å². The van der Waals surface area contributed by atoms with Crippen molar-refractivity contribution in [1.82, 2.24) is 10.2 Å². The summed E-state index contributed by atoms with van der Waals surface area (Å²) in [6.07, 6.45) is 2.71. The van der Waals surface area contributed by atoms with Crippen molar-refractivity contribution >= 4 is 11.9 Å². The van der Waals surface area contributed by atoms with Crippen molar-refractivity contribution in [2.75, 3.05) is 20.2 Å². The molecule has 6 heteroatoms. The average molecular weight is 360 g/mol. The van der Waals surface area contributed by atoms with Crippen LogP contribution in [-0.4, -0.2) is 49.1 Å². The number of carbonyl (C=O) groups excluding carboxylic acids is 2. The first kappa shape index (κ1) is 20.0. The van der Waals surface area contributed by atoms with E-state index in [1.54, 1.807) is 0 Å². The number of methoxy groups -OCH3 is 1. The lowest BCUT2D eigenvalue weighted by molar-refractivity contribution is -0.146. The fourth-order valence-electron chi connectivity index (χ4n) is 3.06. The molecule has 1 saturated heterocycles. The van der Waals surface area contributed by atoms with E-state index < -0.39 is 6.04 Å². The minimum Gasteiger partial charge on any atom is -0.491 e. The molecule has 26 heavy (non-hydrogen) atoms. The van der Waals surface area contributed by atoms with E-state index in [2.05, 4.69) is 18.0 Å². The van der Waals surface area contributed by atoms with Crippen molar-refractivity contribution in [3.05, 3.63) is 42.0 Å². The second kappa shape index (κ2) is 9.38. The van der Waals surface area contributed by atoms with Crippen molar-refractivity contribution in [2.45, 2.75) is 45.4 Å². The van der Waals surface area contributed by atoms with E-state index in [0.717, 1.165) is 16.9 Å². The number of ether oxygens (including phenoxy) is 2. The lowest BCUT2D eigenvalue weighted by Crippen LogP contribution is -2.55. The van der Waals surface area contributed by atoms with Crippen molar-refractivity contribution in [2.24, 2.45) is 0 Å². The summed E-state index contributed by atoms with van der Waals surface area (Å²) in [4.78, 5) is 25.9. The SMILES string of the molecule is C=CCc1cc(CN2CCNC(=O)[C@@H]2CC(=O)OC)ccc1OC(C)C. The number of nitrogens with zero attached hydrogens (tertiary/aromatic N) is 1. The monoisotopic (exact) mass is 360 g/mol. The largest absolute Gasteiger partial charge is 0.491 e. The molecule has 142 valence electrons. The summed E-state index contributed by atoms with van der Waals surface area (Å²) in [5.41, 5.74) is 2.14. The summed E-state index contributed by atoms with van der Waals surface area (Å²) in [5.74, 6) is 0.337. The van der Waals surface area contributed by atoms with E-state index >= 15 is 0 Å². The Morgan fingerprint density at radius 3 is 2.88 bits per heavy atom. The number of amides is 1. The van der Waals surface area contributed by atoms with Gasteiger partial charge in [0.2, 0.25) is 5.91 Å². The van der Waals surface area contributed by atoms with Crippen LogP contribution in [0.3, 0.4) is 0 Å². The highest BCUT2D eigenvalue weighted by molar-refractivity contribution is 5.87. The molecule has 1 fully saturated rings. The number of piperazine rings is 1. The second-order valence-electron chi connectivity index (χ2n) is 6.66. The molecule has 1 aromatic rings. The Morgan fingerprint density at radius 2 is 2.23 bits per heavy atom. The number of carbonyl (C=O) groups is 2. The Labute approximate surface area is 155 Å².